The van der Waals surface area contributed by atoms with Crippen molar-refractivity contribution in [1.29, 1.82) is 0 Å². The van der Waals surface area contributed by atoms with Crippen molar-refractivity contribution in [2.24, 2.45) is 0 Å². The molecule has 6 heteroatoms. The van der Waals surface area contributed by atoms with E-state index in [0.29, 0.717) is 10.6 Å². The van der Waals surface area contributed by atoms with Gasteiger partial charge in [0, 0.05) is 23.2 Å². The Balaban J connectivity index is 1.99. The first-order valence-corrected chi connectivity index (χ1v) is 8.24. The molecule has 0 aromatic heterocycles. The predicted octanol–water partition coefficient (Wildman–Crippen LogP) is 3.30. The number of benzene rings is 2. The van der Waals surface area contributed by atoms with Gasteiger partial charge in [-0.1, -0.05) is 35.9 Å². The van der Waals surface area contributed by atoms with Gasteiger partial charge in [0.15, 0.2) is 0 Å². The molecule has 1 unspecified atom stereocenters. The molecular formula is C19H21ClN2O3. The Kier molecular flexibility index (Phi) is 6.42. The van der Waals surface area contributed by atoms with Crippen molar-refractivity contribution in [3.8, 4) is 5.75 Å². The minimum atomic E-state index is -0.339. The molecule has 0 aliphatic heterocycles. The molecule has 0 bridgehead atoms. The molecule has 2 aromatic carbocycles. The van der Waals surface area contributed by atoms with E-state index in [4.69, 9.17) is 16.3 Å². The molecule has 0 radical (unpaired) electrons. The minimum Gasteiger partial charge on any atom is -0.496 e. The highest BCUT2D eigenvalue weighted by Gasteiger charge is 2.20. The SMILES string of the molecule is COc1ccccc1C(C)N(C)C(=O)CNC(=O)c1cccc(Cl)c1. The highest BCUT2D eigenvalue weighted by atomic mass is 35.5. The largest absolute Gasteiger partial charge is 0.496 e. The third-order valence-electron chi connectivity index (χ3n) is 4.05. The molecule has 1 N–H and O–H groups in total. The second-order valence-electron chi connectivity index (χ2n) is 5.62. The van der Waals surface area contributed by atoms with Crippen LogP contribution in [0.4, 0.5) is 0 Å². The Labute approximate surface area is 152 Å². The zero-order valence-corrected chi connectivity index (χ0v) is 15.2. The Bertz CT molecular complexity index is 764. The van der Waals surface area contributed by atoms with E-state index < -0.39 is 0 Å². The normalized spacial score (nSPS) is 11.5. The summed E-state index contributed by atoms with van der Waals surface area (Å²) in [7, 11) is 3.30. The first-order valence-electron chi connectivity index (χ1n) is 7.86. The maximum absolute atomic E-state index is 12.4. The summed E-state index contributed by atoms with van der Waals surface area (Å²) < 4.78 is 5.34. The van der Waals surface area contributed by atoms with Crippen LogP contribution >= 0.6 is 11.6 Å². The molecule has 2 aromatic rings. The third-order valence-corrected chi connectivity index (χ3v) is 4.29. The third kappa shape index (κ3) is 4.73. The zero-order chi connectivity index (χ0) is 18.4. The number of nitrogens with one attached hydrogen (secondary N) is 1. The lowest BCUT2D eigenvalue weighted by Gasteiger charge is -2.26. The number of carbonyl (C=O) groups excluding carboxylic acids is 2. The Morgan fingerprint density at radius 3 is 2.60 bits per heavy atom. The monoisotopic (exact) mass is 360 g/mol. The summed E-state index contributed by atoms with van der Waals surface area (Å²) in [4.78, 5) is 26.1. The van der Waals surface area contributed by atoms with Gasteiger partial charge in [-0.3, -0.25) is 9.59 Å². The first kappa shape index (κ1) is 18.8. The first-order chi connectivity index (χ1) is 11.9. The van der Waals surface area contributed by atoms with Crippen molar-refractivity contribution in [2.45, 2.75) is 13.0 Å². The lowest BCUT2D eigenvalue weighted by atomic mass is 10.1. The number of likely N-dealkylation sites (N-methyl/N-ethyl adjacent to an activating group) is 1. The lowest BCUT2D eigenvalue weighted by Crippen LogP contribution is -2.39. The van der Waals surface area contributed by atoms with Crippen molar-refractivity contribution in [3.05, 3.63) is 64.7 Å². The van der Waals surface area contributed by atoms with Gasteiger partial charge in [-0.25, -0.2) is 0 Å². The van der Waals surface area contributed by atoms with Gasteiger partial charge in [-0.2, -0.15) is 0 Å². The number of hydrogen-bond acceptors (Lipinski definition) is 3. The van der Waals surface area contributed by atoms with E-state index in [0.717, 1.165) is 11.3 Å². The number of hydrogen-bond donors (Lipinski definition) is 1. The van der Waals surface area contributed by atoms with E-state index in [1.807, 2.05) is 31.2 Å². The smallest absolute Gasteiger partial charge is 0.251 e. The van der Waals surface area contributed by atoms with Gasteiger partial charge in [0.1, 0.15) is 5.75 Å². The average Bonchev–Trinajstić information content (AvgIpc) is 2.64. The van der Waals surface area contributed by atoms with Crippen LogP contribution in [-0.2, 0) is 4.79 Å². The van der Waals surface area contributed by atoms with Gasteiger partial charge in [0.25, 0.3) is 5.91 Å². The van der Waals surface area contributed by atoms with Gasteiger partial charge in [-0.15, -0.1) is 0 Å². The van der Waals surface area contributed by atoms with Crippen molar-refractivity contribution in [1.82, 2.24) is 10.2 Å². The fourth-order valence-corrected chi connectivity index (χ4v) is 2.64. The Morgan fingerprint density at radius 1 is 1.20 bits per heavy atom. The van der Waals surface area contributed by atoms with E-state index in [2.05, 4.69) is 5.32 Å². The molecule has 5 nitrogen and oxygen atoms in total. The summed E-state index contributed by atoms with van der Waals surface area (Å²) in [6, 6.07) is 13.9. The second-order valence-corrected chi connectivity index (χ2v) is 6.05. The standard InChI is InChI=1S/C19H21ClN2O3/c1-13(16-9-4-5-10-17(16)25-3)22(2)18(23)12-21-19(24)14-7-6-8-15(20)11-14/h4-11,13H,12H2,1-3H3,(H,21,24). The number of para-hydroxylation sites is 1. The molecule has 1 atom stereocenters. The van der Waals surface area contributed by atoms with Crippen molar-refractivity contribution < 1.29 is 14.3 Å². The van der Waals surface area contributed by atoms with Crippen molar-refractivity contribution in [2.75, 3.05) is 20.7 Å². The summed E-state index contributed by atoms with van der Waals surface area (Å²) in [6.45, 7) is 1.82. The van der Waals surface area contributed by atoms with Crippen LogP contribution in [0.3, 0.4) is 0 Å². The van der Waals surface area contributed by atoms with Crippen LogP contribution in [0.25, 0.3) is 0 Å². The molecule has 0 heterocycles. The molecule has 132 valence electrons. The molecule has 0 fully saturated rings. The molecule has 2 amide bonds. The molecule has 0 aliphatic rings. The van der Waals surface area contributed by atoms with Crippen LogP contribution in [-0.4, -0.2) is 37.4 Å². The average molecular weight is 361 g/mol. The van der Waals surface area contributed by atoms with E-state index in [9.17, 15) is 9.59 Å². The number of ether oxygens (including phenoxy) is 1. The quantitative estimate of drug-likeness (QED) is 0.859. The van der Waals surface area contributed by atoms with E-state index >= 15 is 0 Å². The van der Waals surface area contributed by atoms with Crippen LogP contribution in [0.15, 0.2) is 48.5 Å². The van der Waals surface area contributed by atoms with Gasteiger partial charge < -0.3 is 15.0 Å². The van der Waals surface area contributed by atoms with Crippen LogP contribution in [0.1, 0.15) is 28.9 Å². The molecule has 0 saturated heterocycles. The van der Waals surface area contributed by atoms with Crippen molar-refractivity contribution in [3.63, 3.8) is 0 Å². The highest BCUT2D eigenvalue weighted by molar-refractivity contribution is 6.30. The maximum Gasteiger partial charge on any atom is 0.251 e. The summed E-state index contributed by atoms with van der Waals surface area (Å²) in [5.41, 5.74) is 1.32. The second kappa shape index (κ2) is 8.53. The van der Waals surface area contributed by atoms with E-state index in [1.165, 1.54) is 0 Å². The minimum absolute atomic E-state index is 0.0959. The lowest BCUT2D eigenvalue weighted by molar-refractivity contribution is -0.130. The van der Waals surface area contributed by atoms with Gasteiger partial charge in [0.2, 0.25) is 5.91 Å². The number of halogens is 1. The van der Waals surface area contributed by atoms with Crippen molar-refractivity contribution >= 4 is 23.4 Å². The number of rotatable bonds is 6. The summed E-state index contributed by atoms with van der Waals surface area (Å²) in [6.07, 6.45) is 0. The van der Waals surface area contributed by atoms with Crippen LogP contribution in [0, 0.1) is 0 Å². The number of carbonyl (C=O) groups is 2. The van der Waals surface area contributed by atoms with Gasteiger partial charge in [0.05, 0.1) is 19.7 Å². The molecule has 0 aliphatic carbocycles. The van der Waals surface area contributed by atoms with Crippen LogP contribution < -0.4 is 10.1 Å². The summed E-state index contributed by atoms with van der Waals surface area (Å²) >= 11 is 5.87. The molecular weight excluding hydrogens is 340 g/mol. The summed E-state index contributed by atoms with van der Waals surface area (Å²) in [5, 5.41) is 3.09. The molecule has 2 rings (SSSR count). The summed E-state index contributed by atoms with van der Waals surface area (Å²) in [5.74, 6) is 0.181. The molecule has 0 spiro atoms. The predicted molar refractivity (Wildman–Crippen MR) is 98.0 cm³/mol. The molecule has 25 heavy (non-hydrogen) atoms. The number of amides is 2. The van der Waals surface area contributed by atoms with Gasteiger partial charge >= 0.3 is 0 Å². The fraction of sp³-hybridized carbons (Fsp3) is 0.263. The number of nitrogens with zero attached hydrogens (tertiary/aromatic N) is 1. The zero-order valence-electron chi connectivity index (χ0n) is 14.5. The topological polar surface area (TPSA) is 58.6 Å². The Morgan fingerprint density at radius 2 is 1.92 bits per heavy atom. The fourth-order valence-electron chi connectivity index (χ4n) is 2.45. The van der Waals surface area contributed by atoms with E-state index in [1.54, 1.807) is 43.3 Å². The Hall–Kier alpha value is -2.53. The maximum atomic E-state index is 12.4. The van der Waals surface area contributed by atoms with Crippen LogP contribution in [0.2, 0.25) is 5.02 Å². The highest BCUT2D eigenvalue weighted by Crippen LogP contribution is 2.27. The van der Waals surface area contributed by atoms with Crippen LogP contribution in [0.5, 0.6) is 5.75 Å². The van der Waals surface area contributed by atoms with E-state index in [-0.39, 0.29) is 24.4 Å². The van der Waals surface area contributed by atoms with Gasteiger partial charge in [-0.05, 0) is 31.2 Å². The molecule has 0 saturated carbocycles. The number of methoxy groups -OCH3 is 1.